The molecule has 0 aromatic carbocycles. The number of nitrogens with one attached hydrogen (secondary N) is 1. The van der Waals surface area contributed by atoms with Gasteiger partial charge in [-0.15, -0.1) is 0 Å². The Morgan fingerprint density at radius 1 is 1.56 bits per heavy atom. The second-order valence-corrected chi connectivity index (χ2v) is 5.48. The van der Waals surface area contributed by atoms with E-state index in [1.165, 1.54) is 24.5 Å². The van der Waals surface area contributed by atoms with Crippen LogP contribution in [0.4, 0.5) is 0 Å². The third kappa shape index (κ3) is 4.33. The molecule has 1 aromatic heterocycles. The molecule has 5 heteroatoms. The van der Waals surface area contributed by atoms with E-state index in [0.29, 0.717) is 5.70 Å². The maximum atomic E-state index is 12.0. The molecule has 4 nitrogen and oxygen atoms in total. The van der Waals surface area contributed by atoms with Gasteiger partial charge in [-0.25, -0.2) is 8.42 Å². The van der Waals surface area contributed by atoms with Crippen LogP contribution in [0.5, 0.6) is 0 Å². The van der Waals surface area contributed by atoms with E-state index in [1.807, 2.05) is 6.08 Å². The van der Waals surface area contributed by atoms with Crippen molar-refractivity contribution in [1.82, 2.24) is 9.71 Å². The molecule has 0 aliphatic carbocycles. The van der Waals surface area contributed by atoms with Crippen LogP contribution < -0.4 is 4.72 Å². The number of hydrogen-bond acceptors (Lipinski definition) is 3. The zero-order valence-corrected chi connectivity index (χ0v) is 11.3. The van der Waals surface area contributed by atoms with Gasteiger partial charge in [0, 0.05) is 18.1 Å². The first kappa shape index (κ1) is 14.4. The van der Waals surface area contributed by atoms with Crippen molar-refractivity contribution < 1.29 is 8.42 Å². The molecule has 0 radical (unpaired) electrons. The molecule has 0 amide bonds. The topological polar surface area (TPSA) is 59.1 Å². The third-order valence-corrected chi connectivity index (χ3v) is 3.71. The van der Waals surface area contributed by atoms with Gasteiger partial charge in [0.1, 0.15) is 4.90 Å². The van der Waals surface area contributed by atoms with E-state index in [4.69, 9.17) is 0 Å². The number of unbranched alkanes of at least 4 members (excludes halogenated alkanes) is 2. The fourth-order valence-electron chi connectivity index (χ4n) is 1.35. The molecule has 0 spiro atoms. The average Bonchev–Trinajstić information content (AvgIpc) is 2.38. The van der Waals surface area contributed by atoms with Gasteiger partial charge in [0.05, 0.1) is 0 Å². The Labute approximate surface area is 109 Å². The SMILES string of the molecule is C=CC(=CCCCC)NS(=O)(=O)c1cccnc1. The quantitative estimate of drug-likeness (QED) is 0.609. The van der Waals surface area contributed by atoms with Crippen molar-refractivity contribution >= 4 is 10.0 Å². The Bertz CT molecular complexity index is 507. The van der Waals surface area contributed by atoms with Crippen molar-refractivity contribution in [3.8, 4) is 0 Å². The molecule has 0 atom stereocenters. The summed E-state index contributed by atoms with van der Waals surface area (Å²) in [4.78, 5) is 3.94. The largest absolute Gasteiger partial charge is 0.280 e. The minimum absolute atomic E-state index is 0.147. The van der Waals surface area contributed by atoms with Crippen LogP contribution in [0, 0.1) is 0 Å². The van der Waals surface area contributed by atoms with E-state index in [1.54, 1.807) is 6.07 Å². The predicted molar refractivity (Wildman–Crippen MR) is 72.4 cm³/mol. The number of aromatic nitrogens is 1. The molecule has 0 fully saturated rings. The van der Waals surface area contributed by atoms with E-state index in [-0.39, 0.29) is 4.90 Å². The van der Waals surface area contributed by atoms with Crippen molar-refractivity contribution in [2.24, 2.45) is 0 Å². The minimum Gasteiger partial charge on any atom is -0.280 e. The van der Waals surface area contributed by atoms with Crippen molar-refractivity contribution in [2.45, 2.75) is 31.1 Å². The highest BCUT2D eigenvalue weighted by Gasteiger charge is 2.13. The lowest BCUT2D eigenvalue weighted by molar-refractivity contribution is 0.588. The molecule has 0 aliphatic heterocycles. The molecule has 0 bridgehead atoms. The first-order valence-corrected chi connectivity index (χ1v) is 7.34. The smallest absolute Gasteiger partial charge is 0.263 e. The average molecular weight is 266 g/mol. The maximum Gasteiger partial charge on any atom is 0.263 e. The van der Waals surface area contributed by atoms with Crippen LogP contribution in [0.15, 0.2) is 53.8 Å². The molecular formula is C13H18N2O2S. The van der Waals surface area contributed by atoms with E-state index in [2.05, 4.69) is 23.2 Å². The monoisotopic (exact) mass is 266 g/mol. The van der Waals surface area contributed by atoms with E-state index < -0.39 is 10.0 Å². The molecule has 0 saturated heterocycles. The van der Waals surface area contributed by atoms with Crippen LogP contribution >= 0.6 is 0 Å². The van der Waals surface area contributed by atoms with Gasteiger partial charge < -0.3 is 0 Å². The van der Waals surface area contributed by atoms with Crippen LogP contribution in [-0.2, 0) is 10.0 Å². The summed E-state index contributed by atoms with van der Waals surface area (Å²) in [5.41, 5.74) is 0.507. The first-order chi connectivity index (χ1) is 8.60. The van der Waals surface area contributed by atoms with Crippen molar-refractivity contribution in [2.75, 3.05) is 0 Å². The highest BCUT2D eigenvalue weighted by Crippen LogP contribution is 2.09. The van der Waals surface area contributed by atoms with Gasteiger partial charge in [-0.2, -0.15) is 0 Å². The molecule has 1 rings (SSSR count). The lowest BCUT2D eigenvalue weighted by Gasteiger charge is -2.08. The van der Waals surface area contributed by atoms with E-state index >= 15 is 0 Å². The van der Waals surface area contributed by atoms with Crippen LogP contribution in [0.1, 0.15) is 26.2 Å². The summed E-state index contributed by atoms with van der Waals surface area (Å²) in [6.07, 6.45) is 9.10. The number of allylic oxidation sites excluding steroid dienone is 2. The molecule has 0 saturated carbocycles. The second-order valence-electron chi connectivity index (χ2n) is 3.80. The lowest BCUT2D eigenvalue weighted by atomic mass is 10.2. The first-order valence-electron chi connectivity index (χ1n) is 5.85. The Hall–Kier alpha value is -1.62. The molecule has 98 valence electrons. The van der Waals surface area contributed by atoms with Crippen LogP contribution in [0.25, 0.3) is 0 Å². The van der Waals surface area contributed by atoms with Crippen LogP contribution in [0.2, 0.25) is 0 Å². The summed E-state index contributed by atoms with van der Waals surface area (Å²) in [5, 5.41) is 0. The Balaban J connectivity index is 2.82. The molecule has 0 unspecified atom stereocenters. The fourth-order valence-corrected chi connectivity index (χ4v) is 2.40. The van der Waals surface area contributed by atoms with Crippen molar-refractivity contribution in [1.29, 1.82) is 0 Å². The van der Waals surface area contributed by atoms with E-state index in [0.717, 1.165) is 19.3 Å². The van der Waals surface area contributed by atoms with E-state index in [9.17, 15) is 8.42 Å². The predicted octanol–water partition coefficient (Wildman–Crippen LogP) is 2.62. The standard InChI is InChI=1S/C13H18N2O2S/c1-3-5-6-8-12(4-2)15-18(16,17)13-9-7-10-14-11-13/h4,7-11,15H,2-3,5-6H2,1H3. The van der Waals surface area contributed by atoms with Crippen LogP contribution in [-0.4, -0.2) is 13.4 Å². The summed E-state index contributed by atoms with van der Waals surface area (Å²) in [6, 6.07) is 3.09. The van der Waals surface area contributed by atoms with Gasteiger partial charge in [0.15, 0.2) is 0 Å². The zero-order valence-electron chi connectivity index (χ0n) is 10.5. The van der Waals surface area contributed by atoms with Gasteiger partial charge >= 0.3 is 0 Å². The number of sulfonamides is 1. The summed E-state index contributed by atoms with van der Waals surface area (Å²) in [5.74, 6) is 0. The molecule has 0 aliphatic rings. The maximum absolute atomic E-state index is 12.0. The van der Waals surface area contributed by atoms with Gasteiger partial charge in [-0.05, 0) is 31.1 Å². The lowest BCUT2D eigenvalue weighted by Crippen LogP contribution is -2.22. The van der Waals surface area contributed by atoms with Gasteiger partial charge in [-0.3, -0.25) is 9.71 Å². The molecular weight excluding hydrogens is 248 g/mol. The molecule has 1 aromatic rings. The van der Waals surface area contributed by atoms with Crippen molar-refractivity contribution in [3.63, 3.8) is 0 Å². The normalized spacial score (nSPS) is 12.2. The van der Waals surface area contributed by atoms with Gasteiger partial charge in [-0.1, -0.05) is 26.0 Å². The fraction of sp³-hybridized carbons (Fsp3) is 0.308. The number of pyridine rings is 1. The number of nitrogens with zero attached hydrogens (tertiary/aromatic N) is 1. The molecule has 1 heterocycles. The minimum atomic E-state index is -3.56. The highest BCUT2D eigenvalue weighted by atomic mass is 32.2. The second kappa shape index (κ2) is 6.96. The highest BCUT2D eigenvalue weighted by molar-refractivity contribution is 7.89. The summed E-state index contributed by atoms with van der Waals surface area (Å²) in [7, 11) is -3.56. The molecule has 1 N–H and O–H groups in total. The van der Waals surface area contributed by atoms with Gasteiger partial charge in [0.25, 0.3) is 10.0 Å². The molecule has 18 heavy (non-hydrogen) atoms. The Morgan fingerprint density at radius 2 is 2.33 bits per heavy atom. The number of rotatable bonds is 7. The van der Waals surface area contributed by atoms with Gasteiger partial charge in [0.2, 0.25) is 0 Å². The number of hydrogen-bond donors (Lipinski definition) is 1. The van der Waals surface area contributed by atoms with Crippen LogP contribution in [0.3, 0.4) is 0 Å². The summed E-state index contributed by atoms with van der Waals surface area (Å²) in [6.45, 7) is 5.69. The summed E-state index contributed by atoms with van der Waals surface area (Å²) < 4.78 is 26.5. The zero-order chi connectivity index (χ0) is 13.4. The third-order valence-electron chi connectivity index (χ3n) is 2.34. The Morgan fingerprint density at radius 3 is 2.89 bits per heavy atom. The van der Waals surface area contributed by atoms with Crippen molar-refractivity contribution in [3.05, 3.63) is 49.0 Å². The Kier molecular flexibility index (Phi) is 5.58. The summed E-state index contributed by atoms with van der Waals surface area (Å²) >= 11 is 0.